The van der Waals surface area contributed by atoms with Crippen molar-refractivity contribution < 1.29 is 14.2 Å². The molecule has 1 saturated heterocycles. The van der Waals surface area contributed by atoms with Crippen LogP contribution in [0.2, 0.25) is 0 Å². The number of ether oxygens (including phenoxy) is 3. The molecule has 8 nitrogen and oxygen atoms in total. The van der Waals surface area contributed by atoms with E-state index in [0.29, 0.717) is 25.7 Å². The molecule has 1 fully saturated rings. The molecule has 0 spiro atoms. The maximum atomic E-state index is 5.72. The summed E-state index contributed by atoms with van der Waals surface area (Å²) in [7, 11) is 1.71. The minimum Gasteiger partial charge on any atom is -0.477 e. The summed E-state index contributed by atoms with van der Waals surface area (Å²) in [5, 5.41) is 8.18. The Bertz CT molecular complexity index is 988. The zero-order chi connectivity index (χ0) is 20.4. The monoisotopic (exact) mass is 397 g/mol. The highest BCUT2D eigenvalue weighted by Gasteiger charge is 2.29. The molecule has 3 aromatic rings. The molecule has 2 atom stereocenters. The van der Waals surface area contributed by atoms with Crippen molar-refractivity contribution in [3.63, 3.8) is 0 Å². The van der Waals surface area contributed by atoms with Gasteiger partial charge in [-0.3, -0.25) is 4.68 Å². The molecule has 0 bridgehead atoms. The molecule has 1 aliphatic rings. The molecule has 0 amide bonds. The fourth-order valence-electron chi connectivity index (χ4n) is 3.64. The lowest BCUT2D eigenvalue weighted by molar-refractivity contribution is 0.0795. The van der Waals surface area contributed by atoms with Gasteiger partial charge >= 0.3 is 0 Å². The minimum absolute atomic E-state index is 0.00513. The van der Waals surface area contributed by atoms with Crippen LogP contribution >= 0.6 is 0 Å². The van der Waals surface area contributed by atoms with Crippen molar-refractivity contribution >= 4 is 16.7 Å². The molecule has 8 heteroatoms. The summed E-state index contributed by atoms with van der Waals surface area (Å²) in [6.07, 6.45) is 3.52. The number of nitrogens with one attached hydrogen (secondary N) is 1. The van der Waals surface area contributed by atoms with Gasteiger partial charge in [0.25, 0.3) is 0 Å². The van der Waals surface area contributed by atoms with Crippen molar-refractivity contribution in [1.82, 2.24) is 19.7 Å². The average molecular weight is 397 g/mol. The van der Waals surface area contributed by atoms with Crippen LogP contribution in [0.3, 0.4) is 0 Å². The van der Waals surface area contributed by atoms with E-state index in [1.54, 1.807) is 19.5 Å². The maximum Gasteiger partial charge on any atom is 0.222 e. The van der Waals surface area contributed by atoms with Crippen LogP contribution < -0.4 is 10.1 Å². The quantitative estimate of drug-likeness (QED) is 0.655. The second-order valence-corrected chi connectivity index (χ2v) is 7.32. The molecule has 4 heterocycles. The van der Waals surface area contributed by atoms with E-state index in [1.807, 2.05) is 29.8 Å². The van der Waals surface area contributed by atoms with E-state index < -0.39 is 0 Å². The van der Waals surface area contributed by atoms with Gasteiger partial charge in [-0.2, -0.15) is 5.10 Å². The lowest BCUT2D eigenvalue weighted by Crippen LogP contribution is -2.33. The first-order valence-corrected chi connectivity index (χ1v) is 9.95. The van der Waals surface area contributed by atoms with Crippen LogP contribution in [0, 0.1) is 0 Å². The number of fused-ring (bicyclic) bond motifs is 1. The molecule has 29 heavy (non-hydrogen) atoms. The maximum absolute atomic E-state index is 5.72. The van der Waals surface area contributed by atoms with Crippen LogP contribution in [0.25, 0.3) is 22.3 Å². The van der Waals surface area contributed by atoms with E-state index in [2.05, 4.69) is 29.2 Å². The Morgan fingerprint density at radius 3 is 2.97 bits per heavy atom. The third kappa shape index (κ3) is 3.77. The van der Waals surface area contributed by atoms with E-state index in [4.69, 9.17) is 19.2 Å². The van der Waals surface area contributed by atoms with Crippen LogP contribution in [0.5, 0.6) is 5.88 Å². The van der Waals surface area contributed by atoms with E-state index >= 15 is 0 Å². The van der Waals surface area contributed by atoms with Gasteiger partial charge in [0.15, 0.2) is 0 Å². The third-order valence-electron chi connectivity index (χ3n) is 5.04. The van der Waals surface area contributed by atoms with Crippen LogP contribution in [0.4, 0.5) is 5.69 Å². The highest BCUT2D eigenvalue weighted by atomic mass is 16.5. The molecule has 3 aromatic heterocycles. The molecule has 0 radical (unpaired) electrons. The van der Waals surface area contributed by atoms with Gasteiger partial charge < -0.3 is 19.5 Å². The molecular weight excluding hydrogens is 370 g/mol. The van der Waals surface area contributed by atoms with E-state index in [9.17, 15) is 0 Å². The Labute approximate surface area is 170 Å². The topological polar surface area (TPSA) is 83.3 Å². The minimum atomic E-state index is -0.00513. The van der Waals surface area contributed by atoms with Gasteiger partial charge in [-0.15, -0.1) is 0 Å². The van der Waals surface area contributed by atoms with Gasteiger partial charge in [0.05, 0.1) is 49.0 Å². The molecule has 0 aromatic carbocycles. The van der Waals surface area contributed by atoms with E-state index in [-0.39, 0.29) is 18.2 Å². The summed E-state index contributed by atoms with van der Waals surface area (Å²) in [6, 6.07) is 6.15. The number of hydrogen-bond acceptors (Lipinski definition) is 7. The molecular formula is C21H27N5O3. The lowest BCUT2D eigenvalue weighted by Gasteiger charge is -2.21. The number of methoxy groups -OCH3 is 1. The number of nitrogens with zero attached hydrogens (tertiary/aromatic N) is 4. The van der Waals surface area contributed by atoms with Crippen molar-refractivity contribution in [3.8, 4) is 17.1 Å². The highest BCUT2D eigenvalue weighted by Crippen LogP contribution is 2.34. The Balaban J connectivity index is 1.84. The highest BCUT2D eigenvalue weighted by molar-refractivity contribution is 5.91. The van der Waals surface area contributed by atoms with E-state index in [0.717, 1.165) is 28.0 Å². The van der Waals surface area contributed by atoms with Gasteiger partial charge in [0.1, 0.15) is 17.1 Å². The van der Waals surface area contributed by atoms with Gasteiger partial charge in [0.2, 0.25) is 5.88 Å². The number of pyridine rings is 2. The molecule has 2 unspecified atom stereocenters. The Morgan fingerprint density at radius 1 is 1.34 bits per heavy atom. The van der Waals surface area contributed by atoms with Gasteiger partial charge in [0, 0.05) is 19.3 Å². The van der Waals surface area contributed by atoms with Crippen LogP contribution in [0.15, 0.2) is 30.6 Å². The smallest absolute Gasteiger partial charge is 0.222 e. The van der Waals surface area contributed by atoms with Crippen molar-refractivity contribution in [2.24, 2.45) is 0 Å². The van der Waals surface area contributed by atoms with Crippen LogP contribution in [-0.2, 0) is 9.47 Å². The second kappa shape index (κ2) is 8.34. The summed E-state index contributed by atoms with van der Waals surface area (Å²) in [5.74, 6) is 0.572. The fraction of sp³-hybridized carbons (Fsp3) is 0.476. The first-order chi connectivity index (χ1) is 14.1. The summed E-state index contributed by atoms with van der Waals surface area (Å²) in [6.45, 7) is 7.86. The Kier molecular flexibility index (Phi) is 5.64. The van der Waals surface area contributed by atoms with Crippen molar-refractivity contribution in [2.75, 3.05) is 32.2 Å². The lowest BCUT2D eigenvalue weighted by atomic mass is 10.1. The second-order valence-electron chi connectivity index (χ2n) is 7.32. The molecule has 0 saturated carbocycles. The third-order valence-corrected chi connectivity index (χ3v) is 5.04. The SMILES string of the molecule is CCOc1ncccc1-c1cc(NC2COCC2OC)c2c(cnn2C(C)C)n1. The molecule has 1 aliphatic heterocycles. The fourth-order valence-corrected chi connectivity index (χ4v) is 3.64. The summed E-state index contributed by atoms with van der Waals surface area (Å²) in [4.78, 5) is 9.23. The van der Waals surface area contributed by atoms with E-state index in [1.165, 1.54) is 0 Å². The number of aromatic nitrogens is 4. The van der Waals surface area contributed by atoms with Crippen LogP contribution in [-0.4, -0.2) is 58.8 Å². The molecule has 4 rings (SSSR count). The first-order valence-electron chi connectivity index (χ1n) is 9.95. The molecule has 154 valence electrons. The number of hydrogen-bond donors (Lipinski definition) is 1. The van der Waals surface area contributed by atoms with Gasteiger partial charge in [-0.25, -0.2) is 9.97 Å². The first kappa shape index (κ1) is 19.6. The zero-order valence-electron chi connectivity index (χ0n) is 17.3. The average Bonchev–Trinajstić information content (AvgIpc) is 3.35. The number of anilines is 1. The molecule has 1 N–H and O–H groups in total. The number of rotatable bonds is 7. The Hall–Kier alpha value is -2.71. The Morgan fingerprint density at radius 2 is 2.21 bits per heavy atom. The van der Waals surface area contributed by atoms with Gasteiger partial charge in [-0.1, -0.05) is 0 Å². The normalized spacial score (nSPS) is 19.2. The summed E-state index contributed by atoms with van der Waals surface area (Å²) >= 11 is 0. The predicted molar refractivity (Wildman–Crippen MR) is 111 cm³/mol. The van der Waals surface area contributed by atoms with Gasteiger partial charge in [-0.05, 0) is 39.0 Å². The van der Waals surface area contributed by atoms with Crippen LogP contribution in [0.1, 0.15) is 26.8 Å². The van der Waals surface area contributed by atoms with Crippen molar-refractivity contribution in [3.05, 3.63) is 30.6 Å². The standard InChI is InChI=1S/C21H27N5O3/c1-5-29-21-14(7-6-8-22-21)15-9-16(25-18-11-28-12-19(18)27-4)20-17(24-15)10-23-26(20)13(2)3/h6-10,13,18-19H,5,11-12H2,1-4H3,(H,24,25). The van der Waals surface area contributed by atoms with Crippen molar-refractivity contribution in [1.29, 1.82) is 0 Å². The summed E-state index contributed by atoms with van der Waals surface area (Å²) in [5.41, 5.74) is 4.36. The van der Waals surface area contributed by atoms with Crippen molar-refractivity contribution in [2.45, 2.75) is 39.0 Å². The summed E-state index contributed by atoms with van der Waals surface area (Å²) < 4.78 is 18.9. The molecule has 0 aliphatic carbocycles. The largest absolute Gasteiger partial charge is 0.477 e. The predicted octanol–water partition coefficient (Wildman–Crippen LogP) is 3.30. The zero-order valence-corrected chi connectivity index (χ0v) is 17.3.